The molecule has 16 heavy (non-hydrogen) atoms. The molecule has 1 aromatic rings. The molecule has 0 saturated heterocycles. The summed E-state index contributed by atoms with van der Waals surface area (Å²) in [5.41, 5.74) is 0. The van der Waals surface area contributed by atoms with Gasteiger partial charge in [-0.1, -0.05) is 0 Å². The molecular formula is C12H20N2O2. The summed E-state index contributed by atoms with van der Waals surface area (Å²) < 4.78 is 5.27. The fraction of sp³-hybridized carbons (Fsp3) is 0.583. The third kappa shape index (κ3) is 4.06. The second-order valence-electron chi connectivity index (χ2n) is 4.08. The molecule has 4 heteroatoms. The first-order valence-electron chi connectivity index (χ1n) is 5.58. The van der Waals surface area contributed by atoms with Gasteiger partial charge >= 0.3 is 0 Å². The minimum absolute atomic E-state index is 0.174. The minimum Gasteiger partial charge on any atom is -0.468 e. The van der Waals surface area contributed by atoms with E-state index in [1.165, 1.54) is 0 Å². The van der Waals surface area contributed by atoms with Gasteiger partial charge in [0, 0.05) is 20.5 Å². The molecule has 1 heterocycles. The van der Waals surface area contributed by atoms with Gasteiger partial charge in [-0.2, -0.15) is 0 Å². The number of carbonyl (C=O) groups excluding carboxylic acids is 1. The molecule has 1 atom stereocenters. The summed E-state index contributed by atoms with van der Waals surface area (Å²) in [4.78, 5) is 12.9. The first-order chi connectivity index (χ1) is 7.61. The highest BCUT2D eigenvalue weighted by molar-refractivity contribution is 5.75. The Morgan fingerprint density at radius 2 is 2.31 bits per heavy atom. The van der Waals surface area contributed by atoms with Crippen LogP contribution in [0, 0.1) is 0 Å². The quantitative estimate of drug-likeness (QED) is 0.749. The Bertz CT molecular complexity index is 307. The Hall–Kier alpha value is -1.29. The predicted octanol–water partition coefficient (Wildman–Crippen LogP) is 1.80. The summed E-state index contributed by atoms with van der Waals surface area (Å²) in [5, 5.41) is 3.31. The standard InChI is InChI=1S/C12H20N2O2/c1-10(11-6-5-9-16-11)13-8-4-7-12(15)14(2)3/h5-6,9-10,13H,4,7-8H2,1-3H3/t10-/m0/s1. The van der Waals surface area contributed by atoms with Gasteiger partial charge in [0.05, 0.1) is 12.3 Å². The second kappa shape index (κ2) is 6.33. The molecule has 0 aliphatic heterocycles. The zero-order valence-corrected chi connectivity index (χ0v) is 10.2. The van der Waals surface area contributed by atoms with Crippen LogP contribution in [-0.4, -0.2) is 31.4 Å². The van der Waals surface area contributed by atoms with Crippen LogP contribution in [0.1, 0.15) is 31.6 Å². The molecule has 1 amide bonds. The molecule has 1 N–H and O–H groups in total. The molecule has 1 rings (SSSR count). The van der Waals surface area contributed by atoms with Gasteiger partial charge in [-0.25, -0.2) is 0 Å². The maximum Gasteiger partial charge on any atom is 0.222 e. The van der Waals surface area contributed by atoms with Crippen molar-refractivity contribution in [1.29, 1.82) is 0 Å². The van der Waals surface area contributed by atoms with Crippen molar-refractivity contribution in [1.82, 2.24) is 10.2 Å². The average molecular weight is 224 g/mol. The van der Waals surface area contributed by atoms with Crippen molar-refractivity contribution in [3.05, 3.63) is 24.2 Å². The van der Waals surface area contributed by atoms with Crippen LogP contribution < -0.4 is 5.32 Å². The number of hydrogen-bond donors (Lipinski definition) is 1. The second-order valence-corrected chi connectivity index (χ2v) is 4.08. The van der Waals surface area contributed by atoms with E-state index in [4.69, 9.17) is 4.42 Å². The van der Waals surface area contributed by atoms with Crippen molar-refractivity contribution in [3.8, 4) is 0 Å². The summed E-state index contributed by atoms with van der Waals surface area (Å²) >= 11 is 0. The maximum atomic E-state index is 11.3. The van der Waals surface area contributed by atoms with Crippen molar-refractivity contribution in [2.24, 2.45) is 0 Å². The van der Waals surface area contributed by atoms with Crippen LogP contribution in [0.25, 0.3) is 0 Å². The van der Waals surface area contributed by atoms with Gasteiger partial charge < -0.3 is 14.6 Å². The summed E-state index contributed by atoms with van der Waals surface area (Å²) in [5.74, 6) is 1.10. The number of carbonyl (C=O) groups is 1. The summed E-state index contributed by atoms with van der Waals surface area (Å²) in [7, 11) is 3.56. The normalized spacial score (nSPS) is 12.4. The zero-order chi connectivity index (χ0) is 12.0. The van der Waals surface area contributed by atoms with E-state index in [0.29, 0.717) is 6.42 Å². The van der Waals surface area contributed by atoms with E-state index in [9.17, 15) is 4.79 Å². The van der Waals surface area contributed by atoms with E-state index in [1.54, 1.807) is 25.3 Å². The summed E-state index contributed by atoms with van der Waals surface area (Å²) in [6, 6.07) is 4.02. The van der Waals surface area contributed by atoms with Crippen molar-refractivity contribution in [2.75, 3.05) is 20.6 Å². The van der Waals surface area contributed by atoms with Crippen molar-refractivity contribution in [2.45, 2.75) is 25.8 Å². The van der Waals surface area contributed by atoms with E-state index < -0.39 is 0 Å². The number of amides is 1. The van der Waals surface area contributed by atoms with E-state index in [0.717, 1.165) is 18.7 Å². The lowest BCUT2D eigenvalue weighted by Crippen LogP contribution is -2.24. The summed E-state index contributed by atoms with van der Waals surface area (Å²) in [6.45, 7) is 2.87. The molecule has 0 spiro atoms. The summed E-state index contributed by atoms with van der Waals surface area (Å²) in [6.07, 6.45) is 3.11. The molecule has 0 saturated carbocycles. The maximum absolute atomic E-state index is 11.3. The van der Waals surface area contributed by atoms with Crippen LogP contribution in [0.3, 0.4) is 0 Å². The first-order valence-corrected chi connectivity index (χ1v) is 5.58. The Labute approximate surface area is 96.6 Å². The molecule has 0 radical (unpaired) electrons. The fourth-order valence-corrected chi connectivity index (χ4v) is 1.42. The first kappa shape index (κ1) is 12.8. The number of rotatable bonds is 6. The van der Waals surface area contributed by atoms with Crippen LogP contribution in [0.15, 0.2) is 22.8 Å². The van der Waals surface area contributed by atoms with Gasteiger partial charge in [-0.05, 0) is 32.0 Å². The Morgan fingerprint density at radius 1 is 1.56 bits per heavy atom. The number of nitrogens with zero attached hydrogens (tertiary/aromatic N) is 1. The third-order valence-electron chi connectivity index (χ3n) is 2.49. The van der Waals surface area contributed by atoms with Gasteiger partial charge in [0.25, 0.3) is 0 Å². The Kier molecular flexibility index (Phi) is 5.05. The lowest BCUT2D eigenvalue weighted by Gasteiger charge is -2.12. The van der Waals surface area contributed by atoms with E-state index in [2.05, 4.69) is 5.32 Å². The van der Waals surface area contributed by atoms with Gasteiger partial charge in [0.15, 0.2) is 0 Å². The molecule has 0 aliphatic rings. The van der Waals surface area contributed by atoms with Gasteiger partial charge in [-0.3, -0.25) is 4.79 Å². The van der Waals surface area contributed by atoms with E-state index in [-0.39, 0.29) is 11.9 Å². The largest absolute Gasteiger partial charge is 0.468 e. The van der Waals surface area contributed by atoms with Crippen LogP contribution in [-0.2, 0) is 4.79 Å². The molecule has 1 aromatic heterocycles. The molecule has 0 bridgehead atoms. The highest BCUT2D eigenvalue weighted by atomic mass is 16.3. The van der Waals surface area contributed by atoms with Gasteiger partial charge in [-0.15, -0.1) is 0 Å². The topological polar surface area (TPSA) is 45.5 Å². The molecular weight excluding hydrogens is 204 g/mol. The fourth-order valence-electron chi connectivity index (χ4n) is 1.42. The van der Waals surface area contributed by atoms with Crippen LogP contribution in [0.4, 0.5) is 0 Å². The monoisotopic (exact) mass is 224 g/mol. The lowest BCUT2D eigenvalue weighted by molar-refractivity contribution is -0.128. The van der Waals surface area contributed by atoms with Crippen molar-refractivity contribution >= 4 is 5.91 Å². The predicted molar refractivity (Wildman–Crippen MR) is 63.1 cm³/mol. The molecule has 0 unspecified atom stereocenters. The number of nitrogens with one attached hydrogen (secondary N) is 1. The van der Waals surface area contributed by atoms with E-state index in [1.807, 2.05) is 19.1 Å². The SMILES string of the molecule is C[C@H](NCCCC(=O)N(C)C)c1ccco1. The van der Waals surface area contributed by atoms with Crippen LogP contribution in [0.5, 0.6) is 0 Å². The molecule has 4 nitrogen and oxygen atoms in total. The Morgan fingerprint density at radius 3 is 2.88 bits per heavy atom. The number of hydrogen-bond acceptors (Lipinski definition) is 3. The molecule has 90 valence electrons. The number of furan rings is 1. The highest BCUT2D eigenvalue weighted by Gasteiger charge is 2.07. The highest BCUT2D eigenvalue weighted by Crippen LogP contribution is 2.11. The molecule has 0 aliphatic carbocycles. The average Bonchev–Trinajstić information content (AvgIpc) is 2.76. The molecule has 0 fully saturated rings. The van der Waals surface area contributed by atoms with Gasteiger partial charge in [0.1, 0.15) is 5.76 Å². The lowest BCUT2D eigenvalue weighted by atomic mass is 10.2. The van der Waals surface area contributed by atoms with Gasteiger partial charge in [0.2, 0.25) is 5.91 Å². The Balaban J connectivity index is 2.14. The zero-order valence-electron chi connectivity index (χ0n) is 10.2. The van der Waals surface area contributed by atoms with Crippen LogP contribution >= 0.6 is 0 Å². The van der Waals surface area contributed by atoms with Crippen LogP contribution in [0.2, 0.25) is 0 Å². The smallest absolute Gasteiger partial charge is 0.222 e. The van der Waals surface area contributed by atoms with Crippen molar-refractivity contribution in [3.63, 3.8) is 0 Å². The van der Waals surface area contributed by atoms with Crippen molar-refractivity contribution < 1.29 is 9.21 Å². The van der Waals surface area contributed by atoms with E-state index >= 15 is 0 Å². The minimum atomic E-state index is 0.174. The third-order valence-corrected chi connectivity index (χ3v) is 2.49. The molecule has 0 aromatic carbocycles.